The lowest BCUT2D eigenvalue weighted by molar-refractivity contribution is 0.0791. The van der Waals surface area contributed by atoms with Crippen molar-refractivity contribution in [2.45, 2.75) is 19.3 Å². The van der Waals surface area contributed by atoms with Crippen molar-refractivity contribution in [3.05, 3.63) is 76.4 Å². The molecule has 132 valence electrons. The van der Waals surface area contributed by atoms with E-state index in [0.29, 0.717) is 23.8 Å². The third-order valence-electron chi connectivity index (χ3n) is 5.01. The number of rotatable bonds is 3. The summed E-state index contributed by atoms with van der Waals surface area (Å²) in [6, 6.07) is 15.7. The van der Waals surface area contributed by atoms with E-state index >= 15 is 0 Å². The number of benzene rings is 2. The molecule has 3 aromatic rings. The van der Waals surface area contributed by atoms with Gasteiger partial charge in [-0.1, -0.05) is 53.2 Å². The van der Waals surface area contributed by atoms with Crippen LogP contribution in [-0.2, 0) is 0 Å². The van der Waals surface area contributed by atoms with Gasteiger partial charge in [0, 0.05) is 29.6 Å². The van der Waals surface area contributed by atoms with Crippen LogP contribution in [0.4, 0.5) is 0 Å². The smallest absolute Gasteiger partial charge is 0.259 e. The Hall–Kier alpha value is -2.59. The van der Waals surface area contributed by atoms with Gasteiger partial charge in [-0.2, -0.15) is 0 Å². The zero-order valence-electron chi connectivity index (χ0n) is 14.5. The molecule has 2 heterocycles. The molecule has 4 nitrogen and oxygen atoms in total. The maximum Gasteiger partial charge on any atom is 0.259 e. The average Bonchev–Trinajstić information content (AvgIpc) is 3.32. The van der Waals surface area contributed by atoms with E-state index < -0.39 is 0 Å². The lowest BCUT2D eigenvalue weighted by Gasteiger charge is -2.16. The number of carbonyl (C=O) groups excluding carboxylic acids is 1. The minimum atomic E-state index is -0.0269. The molecule has 0 radical (unpaired) electrons. The number of aromatic nitrogens is 1. The molecule has 5 heteroatoms. The maximum atomic E-state index is 13.0. The summed E-state index contributed by atoms with van der Waals surface area (Å²) in [6.07, 6.45) is 2.47. The minimum Gasteiger partial charge on any atom is -0.355 e. The summed E-state index contributed by atoms with van der Waals surface area (Å²) in [4.78, 5) is 14.9. The Morgan fingerprint density at radius 1 is 1.19 bits per heavy atom. The lowest BCUT2D eigenvalue weighted by Crippen LogP contribution is -2.28. The van der Waals surface area contributed by atoms with E-state index in [1.807, 2.05) is 60.4 Å². The molecule has 26 heavy (non-hydrogen) atoms. The molecule has 4 rings (SSSR count). The van der Waals surface area contributed by atoms with Crippen molar-refractivity contribution in [1.82, 2.24) is 10.1 Å². The minimum absolute atomic E-state index is 0.0269. The quantitative estimate of drug-likeness (QED) is 0.660. The van der Waals surface area contributed by atoms with Crippen LogP contribution in [0.1, 0.15) is 33.8 Å². The Morgan fingerprint density at radius 3 is 2.73 bits per heavy atom. The van der Waals surface area contributed by atoms with E-state index in [2.05, 4.69) is 5.16 Å². The zero-order chi connectivity index (χ0) is 18.1. The fourth-order valence-electron chi connectivity index (χ4n) is 3.54. The number of amides is 1. The second-order valence-corrected chi connectivity index (χ2v) is 7.11. The second kappa shape index (κ2) is 6.96. The summed E-state index contributed by atoms with van der Waals surface area (Å²) in [5.74, 6) is 0.849. The highest BCUT2D eigenvalue weighted by atomic mass is 35.5. The van der Waals surface area contributed by atoms with Crippen molar-refractivity contribution in [2.75, 3.05) is 13.1 Å². The fraction of sp³-hybridized carbons (Fsp3) is 0.238. The van der Waals surface area contributed by atoms with Gasteiger partial charge in [0.2, 0.25) is 0 Å². The molecule has 0 aliphatic carbocycles. The average molecular weight is 367 g/mol. The Labute approximate surface area is 157 Å². The first-order chi connectivity index (χ1) is 12.6. The lowest BCUT2D eigenvalue weighted by atomic mass is 9.99. The molecule has 0 spiro atoms. The molecule has 1 aliphatic heterocycles. The van der Waals surface area contributed by atoms with Crippen molar-refractivity contribution >= 4 is 17.5 Å². The summed E-state index contributed by atoms with van der Waals surface area (Å²) in [5, 5.41) is 4.61. The van der Waals surface area contributed by atoms with Crippen molar-refractivity contribution < 1.29 is 9.32 Å². The second-order valence-electron chi connectivity index (χ2n) is 6.67. The van der Waals surface area contributed by atoms with Crippen LogP contribution in [0.15, 0.2) is 59.3 Å². The number of aryl methyl sites for hydroxylation is 1. The summed E-state index contributed by atoms with van der Waals surface area (Å²) < 4.78 is 5.42. The summed E-state index contributed by atoms with van der Waals surface area (Å²) in [7, 11) is 0. The van der Waals surface area contributed by atoms with E-state index in [0.717, 1.165) is 29.1 Å². The van der Waals surface area contributed by atoms with Crippen molar-refractivity contribution in [3.63, 3.8) is 0 Å². The van der Waals surface area contributed by atoms with E-state index in [9.17, 15) is 4.79 Å². The number of likely N-dealkylation sites (tertiary alicyclic amines) is 1. The first-order valence-electron chi connectivity index (χ1n) is 8.69. The summed E-state index contributed by atoms with van der Waals surface area (Å²) >= 11 is 5.97. The monoisotopic (exact) mass is 366 g/mol. The molecule has 0 N–H and O–H groups in total. The van der Waals surface area contributed by atoms with Gasteiger partial charge in [-0.05, 0) is 36.6 Å². The molecule has 0 saturated carbocycles. The topological polar surface area (TPSA) is 46.3 Å². The van der Waals surface area contributed by atoms with Gasteiger partial charge in [-0.25, -0.2) is 0 Å². The highest BCUT2D eigenvalue weighted by molar-refractivity contribution is 6.30. The number of hydrogen-bond donors (Lipinski definition) is 0. The van der Waals surface area contributed by atoms with Crippen LogP contribution in [0, 0.1) is 6.92 Å². The van der Waals surface area contributed by atoms with Crippen LogP contribution in [0.3, 0.4) is 0 Å². The van der Waals surface area contributed by atoms with Gasteiger partial charge in [0.05, 0.1) is 6.20 Å². The summed E-state index contributed by atoms with van der Waals surface area (Å²) in [5.41, 5.74) is 3.70. The van der Waals surface area contributed by atoms with Gasteiger partial charge < -0.3 is 9.42 Å². The van der Waals surface area contributed by atoms with E-state index in [1.165, 1.54) is 11.8 Å². The van der Waals surface area contributed by atoms with Gasteiger partial charge in [0.15, 0.2) is 5.76 Å². The van der Waals surface area contributed by atoms with E-state index in [-0.39, 0.29) is 5.91 Å². The first kappa shape index (κ1) is 16.9. The molecule has 1 unspecified atom stereocenters. The predicted octanol–water partition coefficient (Wildman–Crippen LogP) is 4.93. The molecular formula is C21H19ClN2O2. The van der Waals surface area contributed by atoms with Gasteiger partial charge in [-0.15, -0.1) is 0 Å². The molecule has 1 amide bonds. The van der Waals surface area contributed by atoms with Crippen LogP contribution >= 0.6 is 11.6 Å². The molecule has 1 atom stereocenters. The van der Waals surface area contributed by atoms with Crippen LogP contribution in [0.5, 0.6) is 0 Å². The number of carbonyl (C=O) groups is 1. The Morgan fingerprint density at radius 2 is 1.96 bits per heavy atom. The molecule has 0 bridgehead atoms. The number of hydrogen-bond acceptors (Lipinski definition) is 3. The van der Waals surface area contributed by atoms with Gasteiger partial charge in [0.25, 0.3) is 5.91 Å². The molecule has 1 fully saturated rings. The summed E-state index contributed by atoms with van der Waals surface area (Å²) in [6.45, 7) is 3.42. The molecule has 1 aromatic heterocycles. The molecule has 1 saturated heterocycles. The van der Waals surface area contributed by atoms with Crippen molar-refractivity contribution in [2.24, 2.45) is 0 Å². The van der Waals surface area contributed by atoms with Gasteiger partial charge in [0.1, 0.15) is 5.56 Å². The fourth-order valence-corrected chi connectivity index (χ4v) is 3.66. The van der Waals surface area contributed by atoms with Crippen LogP contribution in [-0.4, -0.2) is 29.1 Å². The molecule has 1 aliphatic rings. The van der Waals surface area contributed by atoms with Crippen molar-refractivity contribution in [1.29, 1.82) is 0 Å². The molecule has 2 aromatic carbocycles. The zero-order valence-corrected chi connectivity index (χ0v) is 15.2. The van der Waals surface area contributed by atoms with Crippen LogP contribution in [0.2, 0.25) is 5.02 Å². The van der Waals surface area contributed by atoms with E-state index in [4.69, 9.17) is 16.1 Å². The predicted molar refractivity (Wildman–Crippen MR) is 101 cm³/mol. The Kier molecular flexibility index (Phi) is 4.51. The van der Waals surface area contributed by atoms with Gasteiger partial charge in [-0.3, -0.25) is 4.79 Å². The highest BCUT2D eigenvalue weighted by Crippen LogP contribution is 2.32. The molecular weight excluding hydrogens is 348 g/mol. The Bertz CT molecular complexity index is 933. The van der Waals surface area contributed by atoms with E-state index in [1.54, 1.807) is 0 Å². The number of nitrogens with zero attached hydrogens (tertiary/aromatic N) is 2. The first-order valence-corrected chi connectivity index (χ1v) is 9.06. The third kappa shape index (κ3) is 3.13. The van der Waals surface area contributed by atoms with Crippen molar-refractivity contribution in [3.8, 4) is 11.3 Å². The SMILES string of the molecule is Cc1ccccc1-c1oncc1C(=O)N1CCC(c2ccc(Cl)cc2)C1. The third-order valence-corrected chi connectivity index (χ3v) is 5.26. The Balaban J connectivity index is 1.56. The van der Waals surface area contributed by atoms with Crippen LogP contribution < -0.4 is 0 Å². The normalized spacial score (nSPS) is 16.8. The standard InChI is InChI=1S/C21H19ClN2O2/c1-14-4-2-3-5-18(14)20-19(12-23-26-20)21(25)24-11-10-16(13-24)15-6-8-17(22)9-7-15/h2-9,12,16H,10-11,13H2,1H3. The van der Waals surface area contributed by atoms with Crippen LogP contribution in [0.25, 0.3) is 11.3 Å². The van der Waals surface area contributed by atoms with Gasteiger partial charge >= 0.3 is 0 Å². The number of halogens is 1. The highest BCUT2D eigenvalue weighted by Gasteiger charge is 2.30. The maximum absolute atomic E-state index is 13.0. The largest absolute Gasteiger partial charge is 0.355 e.